The van der Waals surface area contributed by atoms with Crippen LogP contribution >= 0.6 is 22.6 Å². The molecule has 0 fully saturated rings. The third kappa shape index (κ3) is 2.41. The van der Waals surface area contributed by atoms with Crippen LogP contribution in [0.2, 0.25) is 0 Å². The number of nitrogens with zero attached hydrogens (tertiary/aromatic N) is 2. The van der Waals surface area contributed by atoms with Gasteiger partial charge in [-0.15, -0.1) is 0 Å². The number of alkyl halides is 3. The third-order valence-corrected chi connectivity index (χ3v) is 4.82. The van der Waals surface area contributed by atoms with E-state index < -0.39 is 18.4 Å². The fraction of sp³-hybridized carbons (Fsp3) is 0.235. The molecule has 7 heteroatoms. The maximum Gasteiger partial charge on any atom is 0.418 e. The average molecular weight is 444 g/mol. The lowest BCUT2D eigenvalue weighted by atomic mass is 9.99. The Kier molecular flexibility index (Phi) is 3.61. The molecule has 1 aliphatic heterocycles. The van der Waals surface area contributed by atoms with Gasteiger partial charge in [0.15, 0.2) is 6.10 Å². The predicted octanol–water partition coefficient (Wildman–Crippen LogP) is 4.97. The Morgan fingerprint density at radius 3 is 2.54 bits per heavy atom. The fourth-order valence-electron chi connectivity index (χ4n) is 3.21. The lowest BCUT2D eigenvalue weighted by Gasteiger charge is -2.17. The first-order valence-corrected chi connectivity index (χ1v) is 8.39. The van der Waals surface area contributed by atoms with Gasteiger partial charge >= 0.3 is 6.18 Å². The van der Waals surface area contributed by atoms with Crippen molar-refractivity contribution >= 4 is 28.2 Å². The van der Waals surface area contributed by atoms with Crippen LogP contribution < -0.4 is 0 Å². The van der Waals surface area contributed by atoms with Crippen molar-refractivity contribution in [1.29, 1.82) is 0 Å². The van der Waals surface area contributed by atoms with Gasteiger partial charge in [0, 0.05) is 9.77 Å². The molecule has 3 heterocycles. The first-order chi connectivity index (χ1) is 11.4. The van der Waals surface area contributed by atoms with Gasteiger partial charge in [0.05, 0.1) is 11.4 Å². The molecular weight excluding hydrogens is 432 g/mol. The van der Waals surface area contributed by atoms with Crippen LogP contribution in [-0.4, -0.2) is 15.6 Å². The lowest BCUT2D eigenvalue weighted by Crippen LogP contribution is -2.20. The number of aryl methyl sites for hydroxylation is 1. The minimum atomic E-state index is -4.45. The second-order valence-corrected chi connectivity index (χ2v) is 6.97. The smallest absolute Gasteiger partial charge is 0.350 e. The molecule has 24 heavy (non-hydrogen) atoms. The number of rotatable bonds is 1. The summed E-state index contributed by atoms with van der Waals surface area (Å²) in [7, 11) is 0. The standard InChI is InChI=1S/C17H12F3IN2O/c1-9-14(23-8-10(21)6-7-13(23)22-9)15-11-4-2-3-5-12(11)16(24-15)17(18,19)20/h2-8,15-16H,1H3. The summed E-state index contributed by atoms with van der Waals surface area (Å²) in [6, 6.07) is 10.3. The molecule has 0 spiro atoms. The Bertz CT molecular complexity index is 935. The van der Waals surface area contributed by atoms with Crippen molar-refractivity contribution in [3.05, 3.63) is 68.7 Å². The molecule has 3 nitrogen and oxygen atoms in total. The van der Waals surface area contributed by atoms with E-state index in [1.54, 1.807) is 25.1 Å². The van der Waals surface area contributed by atoms with Gasteiger partial charge in [-0.3, -0.25) is 4.40 Å². The van der Waals surface area contributed by atoms with Crippen molar-refractivity contribution in [2.45, 2.75) is 25.3 Å². The second kappa shape index (κ2) is 5.45. The van der Waals surface area contributed by atoms with Crippen LogP contribution in [0.5, 0.6) is 0 Å². The fourth-order valence-corrected chi connectivity index (χ4v) is 3.67. The number of imidazole rings is 1. The zero-order valence-electron chi connectivity index (χ0n) is 12.5. The SMILES string of the molecule is Cc1nc2ccc(I)cn2c1C1OC(C(F)(F)F)c2ccccc21. The molecule has 4 rings (SSSR count). The first kappa shape index (κ1) is 15.9. The molecule has 0 aliphatic carbocycles. The van der Waals surface area contributed by atoms with Crippen molar-refractivity contribution in [2.24, 2.45) is 0 Å². The minimum Gasteiger partial charge on any atom is -0.350 e. The van der Waals surface area contributed by atoms with Crippen LogP contribution in [0.25, 0.3) is 5.65 Å². The summed E-state index contributed by atoms with van der Waals surface area (Å²) >= 11 is 2.16. The average Bonchev–Trinajstić information content (AvgIpc) is 3.04. The topological polar surface area (TPSA) is 26.5 Å². The Hall–Kier alpha value is -1.61. The number of halogens is 4. The molecular formula is C17H12F3IN2O. The molecule has 0 N–H and O–H groups in total. The largest absolute Gasteiger partial charge is 0.418 e. The highest BCUT2D eigenvalue weighted by atomic mass is 127. The summed E-state index contributed by atoms with van der Waals surface area (Å²) in [4.78, 5) is 4.46. The van der Waals surface area contributed by atoms with E-state index in [2.05, 4.69) is 27.6 Å². The van der Waals surface area contributed by atoms with Crippen LogP contribution in [0.1, 0.15) is 34.7 Å². The summed E-state index contributed by atoms with van der Waals surface area (Å²) in [6.45, 7) is 1.79. The van der Waals surface area contributed by atoms with Gasteiger partial charge in [0.1, 0.15) is 11.8 Å². The monoisotopic (exact) mass is 444 g/mol. The Balaban J connectivity index is 1.92. The van der Waals surface area contributed by atoms with Crippen molar-refractivity contribution in [2.75, 3.05) is 0 Å². The van der Waals surface area contributed by atoms with Gasteiger partial charge in [-0.1, -0.05) is 24.3 Å². The predicted molar refractivity (Wildman–Crippen MR) is 90.8 cm³/mol. The van der Waals surface area contributed by atoms with Gasteiger partial charge in [0.25, 0.3) is 0 Å². The van der Waals surface area contributed by atoms with E-state index in [-0.39, 0.29) is 5.56 Å². The number of hydrogen-bond donors (Lipinski definition) is 0. The normalized spacial score (nSPS) is 20.5. The molecule has 1 aliphatic rings. The van der Waals surface area contributed by atoms with Crippen molar-refractivity contribution in [3.63, 3.8) is 0 Å². The zero-order valence-corrected chi connectivity index (χ0v) is 14.7. The molecule has 2 atom stereocenters. The first-order valence-electron chi connectivity index (χ1n) is 7.31. The highest BCUT2D eigenvalue weighted by Crippen LogP contribution is 2.50. The van der Waals surface area contributed by atoms with Gasteiger partial charge in [-0.2, -0.15) is 13.2 Å². The number of hydrogen-bond acceptors (Lipinski definition) is 2. The summed E-state index contributed by atoms with van der Waals surface area (Å²) in [6.07, 6.45) is -5.29. The van der Waals surface area contributed by atoms with E-state index >= 15 is 0 Å². The molecule has 2 unspecified atom stereocenters. The molecule has 0 amide bonds. The Morgan fingerprint density at radius 1 is 1.12 bits per heavy atom. The van der Waals surface area contributed by atoms with Crippen LogP contribution in [0.3, 0.4) is 0 Å². The van der Waals surface area contributed by atoms with Crippen molar-refractivity contribution in [1.82, 2.24) is 9.38 Å². The van der Waals surface area contributed by atoms with Gasteiger partial charge in [-0.05, 0) is 52.8 Å². The van der Waals surface area contributed by atoms with E-state index in [4.69, 9.17) is 4.74 Å². The van der Waals surface area contributed by atoms with E-state index in [0.717, 1.165) is 3.57 Å². The maximum atomic E-state index is 13.4. The summed E-state index contributed by atoms with van der Waals surface area (Å²) in [5.74, 6) is 0. The van der Waals surface area contributed by atoms with Crippen molar-refractivity contribution in [3.8, 4) is 0 Å². The van der Waals surface area contributed by atoms with Crippen LogP contribution in [0, 0.1) is 10.5 Å². The minimum absolute atomic E-state index is 0.176. The Morgan fingerprint density at radius 2 is 1.83 bits per heavy atom. The van der Waals surface area contributed by atoms with E-state index in [1.807, 2.05) is 22.7 Å². The maximum absolute atomic E-state index is 13.4. The zero-order chi connectivity index (χ0) is 17.1. The lowest BCUT2D eigenvalue weighted by molar-refractivity contribution is -0.225. The molecule has 0 bridgehead atoms. The van der Waals surface area contributed by atoms with Crippen LogP contribution in [0.15, 0.2) is 42.6 Å². The highest BCUT2D eigenvalue weighted by molar-refractivity contribution is 14.1. The molecule has 0 radical (unpaired) electrons. The Labute approximate surface area is 149 Å². The third-order valence-electron chi connectivity index (χ3n) is 4.18. The van der Waals surface area contributed by atoms with Gasteiger partial charge in [-0.25, -0.2) is 4.98 Å². The number of fused-ring (bicyclic) bond motifs is 2. The molecule has 1 aromatic carbocycles. The summed E-state index contributed by atoms with van der Waals surface area (Å²) in [5, 5.41) is 0. The molecule has 0 saturated heterocycles. The van der Waals surface area contributed by atoms with E-state index in [9.17, 15) is 13.2 Å². The molecule has 0 saturated carbocycles. The second-order valence-electron chi connectivity index (χ2n) is 5.72. The highest BCUT2D eigenvalue weighted by Gasteiger charge is 2.49. The summed E-state index contributed by atoms with van der Waals surface area (Å²) < 4.78 is 48.4. The number of benzene rings is 1. The number of pyridine rings is 1. The van der Waals surface area contributed by atoms with Crippen LogP contribution in [0.4, 0.5) is 13.2 Å². The van der Waals surface area contributed by atoms with Crippen molar-refractivity contribution < 1.29 is 17.9 Å². The molecule has 3 aromatic rings. The van der Waals surface area contributed by atoms with Crippen LogP contribution in [-0.2, 0) is 4.74 Å². The van der Waals surface area contributed by atoms with E-state index in [0.29, 0.717) is 22.6 Å². The number of ether oxygens (including phenoxy) is 1. The van der Waals surface area contributed by atoms with Gasteiger partial charge < -0.3 is 4.74 Å². The number of aromatic nitrogens is 2. The van der Waals surface area contributed by atoms with Gasteiger partial charge in [0.2, 0.25) is 0 Å². The quantitative estimate of drug-likeness (QED) is 0.496. The summed E-state index contributed by atoms with van der Waals surface area (Å²) in [5.41, 5.74) is 2.72. The molecule has 2 aromatic heterocycles. The molecule has 124 valence electrons. The van der Waals surface area contributed by atoms with E-state index in [1.165, 1.54) is 6.07 Å².